The number of ether oxygens (including phenoxy) is 3. The number of hydrogen-bond donors (Lipinski definition) is 0. The Morgan fingerprint density at radius 2 is 2.16 bits per heavy atom. The summed E-state index contributed by atoms with van der Waals surface area (Å²) in [5.41, 5.74) is 0. The highest BCUT2D eigenvalue weighted by Gasteiger charge is 2.42. The van der Waals surface area contributed by atoms with E-state index in [1.54, 1.807) is 13.2 Å². The molecule has 2 rings (SSSR count). The van der Waals surface area contributed by atoms with E-state index in [-0.39, 0.29) is 22.9 Å². The highest BCUT2D eigenvalue weighted by atomic mass is 79.9. The van der Waals surface area contributed by atoms with Crippen LogP contribution >= 0.6 is 31.9 Å². The zero-order valence-electron chi connectivity index (χ0n) is 10.4. The van der Waals surface area contributed by atoms with Crippen LogP contribution in [0.3, 0.4) is 0 Å². The maximum atomic E-state index is 13.0. The molecule has 6 heteroatoms. The molecule has 1 aromatic rings. The van der Waals surface area contributed by atoms with Gasteiger partial charge < -0.3 is 14.2 Å². The number of benzene rings is 1. The van der Waals surface area contributed by atoms with Gasteiger partial charge in [-0.15, -0.1) is 0 Å². The molecule has 1 aliphatic rings. The van der Waals surface area contributed by atoms with Gasteiger partial charge in [-0.05, 0) is 34.1 Å². The third-order valence-electron chi connectivity index (χ3n) is 2.95. The van der Waals surface area contributed by atoms with Gasteiger partial charge in [-0.3, -0.25) is 0 Å². The predicted molar refractivity (Wildman–Crippen MR) is 77.5 cm³/mol. The van der Waals surface area contributed by atoms with Crippen molar-refractivity contribution in [1.82, 2.24) is 0 Å². The third kappa shape index (κ3) is 3.90. The summed E-state index contributed by atoms with van der Waals surface area (Å²) >= 11 is 6.84. The number of alkyl halides is 1. The predicted octanol–water partition coefficient (Wildman–Crippen LogP) is 3.53. The van der Waals surface area contributed by atoms with Crippen LogP contribution in [0.1, 0.15) is 6.42 Å². The molecule has 0 aromatic heterocycles. The summed E-state index contributed by atoms with van der Waals surface area (Å²) in [6.45, 7) is 1.09. The van der Waals surface area contributed by atoms with E-state index in [0.717, 1.165) is 6.42 Å². The van der Waals surface area contributed by atoms with Crippen molar-refractivity contribution in [1.29, 1.82) is 0 Å². The second-order valence-electron chi connectivity index (χ2n) is 4.31. The van der Waals surface area contributed by atoms with E-state index in [1.807, 2.05) is 0 Å². The minimum Gasteiger partial charge on any atom is -0.486 e. The van der Waals surface area contributed by atoms with Crippen molar-refractivity contribution in [3.8, 4) is 5.75 Å². The van der Waals surface area contributed by atoms with Crippen molar-refractivity contribution < 1.29 is 18.6 Å². The van der Waals surface area contributed by atoms with Crippen LogP contribution in [0.15, 0.2) is 22.7 Å². The lowest BCUT2D eigenvalue weighted by Crippen LogP contribution is -2.52. The normalized spacial score (nSPS) is 26.0. The summed E-state index contributed by atoms with van der Waals surface area (Å²) in [6.07, 6.45) is 0.830. The van der Waals surface area contributed by atoms with Crippen molar-refractivity contribution in [3.63, 3.8) is 0 Å². The summed E-state index contributed by atoms with van der Waals surface area (Å²) in [5.74, 6) is 0.338. The highest BCUT2D eigenvalue weighted by molar-refractivity contribution is 9.10. The molecular weight excluding hydrogens is 383 g/mol. The van der Waals surface area contributed by atoms with Crippen LogP contribution in [0.2, 0.25) is 0 Å². The molecule has 0 spiro atoms. The first-order chi connectivity index (χ1) is 9.11. The number of hydrogen-bond acceptors (Lipinski definition) is 3. The lowest BCUT2D eigenvalue weighted by Gasteiger charge is -2.41. The summed E-state index contributed by atoms with van der Waals surface area (Å²) in [7, 11) is 1.64. The first kappa shape index (κ1) is 15.2. The van der Waals surface area contributed by atoms with Crippen LogP contribution in [0.5, 0.6) is 5.75 Å². The van der Waals surface area contributed by atoms with Crippen LogP contribution in [0.25, 0.3) is 0 Å². The van der Waals surface area contributed by atoms with Gasteiger partial charge in [-0.25, -0.2) is 4.39 Å². The summed E-state index contributed by atoms with van der Waals surface area (Å²) in [6, 6.07) is 4.39. The average molecular weight is 398 g/mol. The van der Waals surface area contributed by atoms with Crippen molar-refractivity contribution >= 4 is 31.9 Å². The first-order valence-electron chi connectivity index (χ1n) is 5.98. The largest absolute Gasteiger partial charge is 0.486 e. The van der Waals surface area contributed by atoms with Gasteiger partial charge in [-0.1, -0.05) is 15.9 Å². The smallest absolute Gasteiger partial charge is 0.134 e. The molecule has 3 unspecified atom stereocenters. The van der Waals surface area contributed by atoms with E-state index < -0.39 is 0 Å². The SMILES string of the molecule is COCCOC1C(Br)CC1Oc1ccc(F)cc1Br. The van der Waals surface area contributed by atoms with Gasteiger partial charge in [-0.2, -0.15) is 0 Å². The minimum atomic E-state index is -0.293. The molecule has 106 valence electrons. The van der Waals surface area contributed by atoms with Crippen molar-refractivity contribution in [2.45, 2.75) is 23.5 Å². The van der Waals surface area contributed by atoms with Gasteiger partial charge in [0.15, 0.2) is 0 Å². The maximum absolute atomic E-state index is 13.0. The van der Waals surface area contributed by atoms with E-state index in [2.05, 4.69) is 31.9 Å². The zero-order chi connectivity index (χ0) is 13.8. The molecule has 0 N–H and O–H groups in total. The Labute approximate surface area is 128 Å². The van der Waals surface area contributed by atoms with Gasteiger partial charge in [0.2, 0.25) is 0 Å². The Morgan fingerprint density at radius 1 is 1.37 bits per heavy atom. The van der Waals surface area contributed by atoms with Gasteiger partial charge in [0.25, 0.3) is 0 Å². The Balaban J connectivity index is 1.91. The van der Waals surface area contributed by atoms with Gasteiger partial charge in [0.1, 0.15) is 23.8 Å². The molecule has 3 nitrogen and oxygen atoms in total. The van der Waals surface area contributed by atoms with Crippen molar-refractivity contribution in [2.24, 2.45) is 0 Å². The van der Waals surface area contributed by atoms with Crippen LogP contribution in [-0.2, 0) is 9.47 Å². The van der Waals surface area contributed by atoms with E-state index in [9.17, 15) is 4.39 Å². The van der Waals surface area contributed by atoms with Gasteiger partial charge in [0.05, 0.1) is 17.7 Å². The summed E-state index contributed by atoms with van der Waals surface area (Å²) in [5, 5.41) is 0. The maximum Gasteiger partial charge on any atom is 0.134 e. The molecule has 0 heterocycles. The second-order valence-corrected chi connectivity index (χ2v) is 6.34. The van der Waals surface area contributed by atoms with E-state index in [1.165, 1.54) is 12.1 Å². The number of methoxy groups -OCH3 is 1. The van der Waals surface area contributed by atoms with Crippen LogP contribution < -0.4 is 4.74 Å². The molecule has 0 saturated heterocycles. The first-order valence-corrected chi connectivity index (χ1v) is 7.69. The Bertz CT molecular complexity index is 430. The van der Waals surface area contributed by atoms with E-state index >= 15 is 0 Å². The average Bonchev–Trinajstić information content (AvgIpc) is 2.37. The molecule has 1 aromatic carbocycles. The van der Waals surface area contributed by atoms with Gasteiger partial charge in [0, 0.05) is 18.4 Å². The minimum absolute atomic E-state index is 0.00731. The third-order valence-corrected chi connectivity index (χ3v) is 4.47. The fourth-order valence-corrected chi connectivity index (χ4v) is 3.16. The molecule has 0 amide bonds. The molecule has 3 atom stereocenters. The number of halogens is 3. The molecule has 0 bridgehead atoms. The molecule has 0 aliphatic heterocycles. The monoisotopic (exact) mass is 396 g/mol. The molecule has 1 saturated carbocycles. The van der Waals surface area contributed by atoms with Gasteiger partial charge >= 0.3 is 0 Å². The fourth-order valence-electron chi connectivity index (χ4n) is 1.86. The Morgan fingerprint density at radius 3 is 2.79 bits per heavy atom. The fraction of sp³-hybridized carbons (Fsp3) is 0.538. The van der Waals surface area contributed by atoms with Crippen LogP contribution in [-0.4, -0.2) is 37.4 Å². The lowest BCUT2D eigenvalue weighted by atomic mass is 9.91. The zero-order valence-corrected chi connectivity index (χ0v) is 13.6. The van der Waals surface area contributed by atoms with Crippen LogP contribution in [0.4, 0.5) is 4.39 Å². The lowest BCUT2D eigenvalue weighted by molar-refractivity contribution is -0.0867. The Kier molecular flexibility index (Phi) is 5.62. The second kappa shape index (κ2) is 7.02. The van der Waals surface area contributed by atoms with Crippen LogP contribution in [0, 0.1) is 5.82 Å². The molecule has 19 heavy (non-hydrogen) atoms. The summed E-state index contributed by atoms with van der Waals surface area (Å²) in [4.78, 5) is 0.286. The Hall–Kier alpha value is -0.170. The quantitative estimate of drug-likeness (QED) is 0.542. The van der Waals surface area contributed by atoms with Crippen molar-refractivity contribution in [2.75, 3.05) is 20.3 Å². The highest BCUT2D eigenvalue weighted by Crippen LogP contribution is 2.36. The molecule has 1 fully saturated rings. The van der Waals surface area contributed by atoms with Crippen molar-refractivity contribution in [3.05, 3.63) is 28.5 Å². The number of rotatable bonds is 6. The van der Waals surface area contributed by atoms with E-state index in [4.69, 9.17) is 14.2 Å². The molecular formula is C13H15Br2FO3. The molecule has 1 aliphatic carbocycles. The standard InChI is InChI=1S/C13H15Br2FO3/c1-17-4-5-18-13-10(15)7-12(13)19-11-3-2-8(16)6-9(11)14/h2-3,6,10,12-13H,4-5,7H2,1H3. The summed E-state index contributed by atoms with van der Waals surface area (Å²) < 4.78 is 30.1. The molecule has 0 radical (unpaired) electrons. The van der Waals surface area contributed by atoms with E-state index in [0.29, 0.717) is 23.4 Å². The topological polar surface area (TPSA) is 27.7 Å².